The number of hydrogen-bond acceptors (Lipinski definition) is 2. The first-order valence-electron chi connectivity index (χ1n) is 6.94. The first-order valence-corrected chi connectivity index (χ1v) is 7.32. The Bertz CT molecular complexity index is 493. The van der Waals surface area contributed by atoms with Crippen molar-refractivity contribution in [3.8, 4) is 0 Å². The van der Waals surface area contributed by atoms with E-state index in [4.69, 9.17) is 11.6 Å². The average molecular weight is 297 g/mol. The molecule has 1 aliphatic rings. The van der Waals surface area contributed by atoms with E-state index in [1.807, 2.05) is 19.1 Å². The van der Waals surface area contributed by atoms with Gasteiger partial charge in [-0.1, -0.05) is 30.2 Å². The Morgan fingerprint density at radius 2 is 2.25 bits per heavy atom. The van der Waals surface area contributed by atoms with Crippen LogP contribution in [0.1, 0.15) is 24.8 Å². The van der Waals surface area contributed by atoms with Crippen LogP contribution in [0.4, 0.5) is 10.5 Å². The molecule has 0 aromatic heterocycles. The number of nitrogens with zero attached hydrogens (tertiary/aromatic N) is 1. The standard InChI is InChI=1S/C15H21ClN2O2/c1-10-5-3-7-12(14(10)16)17-15(20)18(2)9-11-6-4-8-13(11)19/h3,5,7,11,13,19H,4,6,8-9H2,1-2H3,(H,17,20). The molecule has 0 bridgehead atoms. The smallest absolute Gasteiger partial charge is 0.321 e. The minimum Gasteiger partial charge on any atom is -0.393 e. The number of nitrogens with one attached hydrogen (secondary N) is 1. The van der Waals surface area contributed by atoms with Crippen molar-refractivity contribution >= 4 is 23.3 Å². The number of aliphatic hydroxyl groups is 1. The Kier molecular flexibility index (Phi) is 4.89. The quantitative estimate of drug-likeness (QED) is 0.899. The summed E-state index contributed by atoms with van der Waals surface area (Å²) in [6.07, 6.45) is 2.56. The molecular formula is C15H21ClN2O2. The van der Waals surface area contributed by atoms with E-state index in [0.717, 1.165) is 24.8 Å². The monoisotopic (exact) mass is 296 g/mol. The van der Waals surface area contributed by atoms with Crippen LogP contribution in [0.3, 0.4) is 0 Å². The van der Waals surface area contributed by atoms with E-state index in [1.165, 1.54) is 0 Å². The number of urea groups is 1. The zero-order valence-corrected chi connectivity index (χ0v) is 12.7. The number of carbonyl (C=O) groups is 1. The molecule has 1 aromatic rings. The number of hydrogen-bond donors (Lipinski definition) is 2. The molecule has 1 aliphatic carbocycles. The molecule has 0 spiro atoms. The third-order valence-corrected chi connectivity index (χ3v) is 4.41. The summed E-state index contributed by atoms with van der Waals surface area (Å²) >= 11 is 6.16. The number of amides is 2. The molecule has 0 radical (unpaired) electrons. The van der Waals surface area contributed by atoms with Gasteiger partial charge >= 0.3 is 6.03 Å². The summed E-state index contributed by atoms with van der Waals surface area (Å²) in [7, 11) is 1.74. The van der Waals surface area contributed by atoms with Crippen molar-refractivity contribution in [2.75, 3.05) is 18.9 Å². The van der Waals surface area contributed by atoms with E-state index in [9.17, 15) is 9.90 Å². The van der Waals surface area contributed by atoms with E-state index in [1.54, 1.807) is 18.0 Å². The highest BCUT2D eigenvalue weighted by atomic mass is 35.5. The molecule has 2 unspecified atom stereocenters. The number of anilines is 1. The normalized spacial score (nSPS) is 21.8. The number of aliphatic hydroxyl groups excluding tert-OH is 1. The van der Waals surface area contributed by atoms with Gasteiger partial charge in [-0.25, -0.2) is 4.79 Å². The lowest BCUT2D eigenvalue weighted by atomic mass is 10.1. The molecular weight excluding hydrogens is 276 g/mol. The van der Waals surface area contributed by atoms with Crippen LogP contribution in [0.2, 0.25) is 5.02 Å². The van der Waals surface area contributed by atoms with Crippen molar-refractivity contribution in [1.29, 1.82) is 0 Å². The van der Waals surface area contributed by atoms with Crippen LogP contribution < -0.4 is 5.32 Å². The summed E-state index contributed by atoms with van der Waals surface area (Å²) < 4.78 is 0. The number of benzene rings is 1. The molecule has 0 aliphatic heterocycles. The number of carbonyl (C=O) groups excluding carboxylic acids is 1. The third-order valence-electron chi connectivity index (χ3n) is 3.91. The summed E-state index contributed by atoms with van der Waals surface area (Å²) in [5, 5.41) is 13.2. The van der Waals surface area contributed by atoms with Gasteiger partial charge in [-0.05, 0) is 31.4 Å². The van der Waals surface area contributed by atoms with Gasteiger partial charge in [0.2, 0.25) is 0 Å². The summed E-state index contributed by atoms with van der Waals surface area (Å²) in [5.74, 6) is 0.179. The first-order chi connectivity index (χ1) is 9.49. The lowest BCUT2D eigenvalue weighted by Gasteiger charge is -2.24. The highest BCUT2D eigenvalue weighted by Crippen LogP contribution is 2.27. The summed E-state index contributed by atoms with van der Waals surface area (Å²) in [6, 6.07) is 5.34. The molecule has 2 rings (SSSR count). The summed E-state index contributed by atoms with van der Waals surface area (Å²) in [6.45, 7) is 2.47. The van der Waals surface area contributed by atoms with Crippen LogP contribution >= 0.6 is 11.6 Å². The van der Waals surface area contributed by atoms with Gasteiger partial charge < -0.3 is 15.3 Å². The van der Waals surface area contributed by atoms with Crippen LogP contribution in [0, 0.1) is 12.8 Å². The van der Waals surface area contributed by atoms with E-state index in [-0.39, 0.29) is 18.1 Å². The van der Waals surface area contributed by atoms with Crippen LogP contribution in [-0.2, 0) is 0 Å². The predicted octanol–water partition coefficient (Wildman–Crippen LogP) is 3.27. The molecule has 110 valence electrons. The van der Waals surface area contributed by atoms with Gasteiger partial charge in [-0.2, -0.15) is 0 Å². The fraction of sp³-hybridized carbons (Fsp3) is 0.533. The Balaban J connectivity index is 1.95. The highest BCUT2D eigenvalue weighted by Gasteiger charge is 2.27. The molecule has 4 nitrogen and oxygen atoms in total. The zero-order chi connectivity index (χ0) is 14.7. The lowest BCUT2D eigenvalue weighted by Crippen LogP contribution is -2.37. The fourth-order valence-corrected chi connectivity index (χ4v) is 2.79. The molecule has 2 N–H and O–H groups in total. The maximum atomic E-state index is 12.1. The van der Waals surface area contributed by atoms with Gasteiger partial charge in [-0.15, -0.1) is 0 Å². The predicted molar refractivity (Wildman–Crippen MR) is 81.2 cm³/mol. The second-order valence-corrected chi connectivity index (χ2v) is 5.88. The number of aryl methyl sites for hydroxylation is 1. The van der Waals surface area contributed by atoms with Crippen molar-refractivity contribution in [1.82, 2.24) is 4.90 Å². The maximum absolute atomic E-state index is 12.1. The molecule has 20 heavy (non-hydrogen) atoms. The minimum atomic E-state index is -0.284. The van der Waals surface area contributed by atoms with Crippen molar-refractivity contribution in [2.24, 2.45) is 5.92 Å². The van der Waals surface area contributed by atoms with Crippen LogP contribution in [-0.4, -0.2) is 35.7 Å². The van der Waals surface area contributed by atoms with Crippen molar-refractivity contribution < 1.29 is 9.90 Å². The van der Waals surface area contributed by atoms with E-state index in [2.05, 4.69) is 5.32 Å². The van der Waals surface area contributed by atoms with Crippen molar-refractivity contribution in [3.05, 3.63) is 28.8 Å². The molecule has 2 atom stereocenters. The molecule has 5 heteroatoms. The zero-order valence-electron chi connectivity index (χ0n) is 11.9. The number of halogens is 1. The van der Waals surface area contributed by atoms with Crippen molar-refractivity contribution in [3.63, 3.8) is 0 Å². The van der Waals surface area contributed by atoms with E-state index in [0.29, 0.717) is 17.3 Å². The Morgan fingerprint density at radius 3 is 2.90 bits per heavy atom. The summed E-state index contributed by atoms with van der Waals surface area (Å²) in [4.78, 5) is 13.8. The molecule has 1 fully saturated rings. The number of rotatable bonds is 3. The topological polar surface area (TPSA) is 52.6 Å². The van der Waals surface area contributed by atoms with Crippen LogP contribution in [0.25, 0.3) is 0 Å². The Hall–Kier alpha value is -1.26. The SMILES string of the molecule is Cc1cccc(NC(=O)N(C)CC2CCCC2O)c1Cl. The van der Waals surface area contributed by atoms with Crippen LogP contribution in [0.5, 0.6) is 0 Å². The minimum absolute atomic E-state index is 0.179. The molecule has 0 heterocycles. The molecule has 0 saturated heterocycles. The maximum Gasteiger partial charge on any atom is 0.321 e. The Labute approximate surface area is 124 Å². The van der Waals surface area contributed by atoms with Gasteiger partial charge in [0.1, 0.15) is 0 Å². The lowest BCUT2D eigenvalue weighted by molar-refractivity contribution is 0.116. The molecule has 1 aromatic carbocycles. The van der Waals surface area contributed by atoms with E-state index < -0.39 is 0 Å². The van der Waals surface area contributed by atoms with Gasteiger partial charge in [-0.3, -0.25) is 0 Å². The van der Waals surface area contributed by atoms with E-state index >= 15 is 0 Å². The fourth-order valence-electron chi connectivity index (χ4n) is 2.62. The van der Waals surface area contributed by atoms with Gasteiger partial charge in [0.05, 0.1) is 16.8 Å². The largest absolute Gasteiger partial charge is 0.393 e. The third kappa shape index (κ3) is 3.44. The van der Waals surface area contributed by atoms with Crippen molar-refractivity contribution in [2.45, 2.75) is 32.3 Å². The second-order valence-electron chi connectivity index (χ2n) is 5.51. The molecule has 2 amide bonds. The van der Waals surface area contributed by atoms with Gasteiger partial charge in [0.25, 0.3) is 0 Å². The Morgan fingerprint density at radius 1 is 1.50 bits per heavy atom. The average Bonchev–Trinajstić information content (AvgIpc) is 2.80. The second kappa shape index (κ2) is 6.46. The van der Waals surface area contributed by atoms with Gasteiger partial charge in [0.15, 0.2) is 0 Å². The molecule has 1 saturated carbocycles. The van der Waals surface area contributed by atoms with Crippen LogP contribution in [0.15, 0.2) is 18.2 Å². The summed E-state index contributed by atoms with van der Waals surface area (Å²) in [5.41, 5.74) is 1.55. The first kappa shape index (κ1) is 15.1. The van der Waals surface area contributed by atoms with Gasteiger partial charge in [0, 0.05) is 19.5 Å². The highest BCUT2D eigenvalue weighted by molar-refractivity contribution is 6.34.